The van der Waals surface area contributed by atoms with Gasteiger partial charge in [-0.3, -0.25) is 4.79 Å². The van der Waals surface area contributed by atoms with Gasteiger partial charge in [0.1, 0.15) is 25.3 Å². The number of hydrogen-bond acceptors (Lipinski definition) is 5. The molecular weight excluding hydrogens is 275 g/mol. The molecule has 0 aliphatic heterocycles. The number of rotatable bonds is 4. The van der Waals surface area contributed by atoms with Gasteiger partial charge in [0, 0.05) is 5.56 Å². The van der Waals surface area contributed by atoms with Gasteiger partial charge in [-0.2, -0.15) is 0 Å². The smallest absolute Gasteiger partial charge is 0.328 e. The van der Waals surface area contributed by atoms with Crippen molar-refractivity contribution in [2.75, 3.05) is 5.73 Å². The topological polar surface area (TPSA) is 83.0 Å². The molecule has 100 valence electrons. The van der Waals surface area contributed by atoms with Gasteiger partial charge in [0.05, 0.1) is 5.02 Å². The fourth-order valence-electron chi connectivity index (χ4n) is 1.39. The maximum Gasteiger partial charge on any atom is 0.328 e. The zero-order valence-corrected chi connectivity index (χ0v) is 10.5. The SMILES string of the molecule is Nc1ncn(CC(=O)OCc2c(F)cccc2Cl)n1. The first kappa shape index (κ1) is 13.3. The minimum Gasteiger partial charge on any atom is -0.459 e. The monoisotopic (exact) mass is 284 g/mol. The van der Waals surface area contributed by atoms with Crippen molar-refractivity contribution < 1.29 is 13.9 Å². The second kappa shape index (κ2) is 5.66. The van der Waals surface area contributed by atoms with Crippen LogP contribution in [-0.2, 0) is 22.7 Å². The Morgan fingerprint density at radius 2 is 2.32 bits per heavy atom. The second-order valence-electron chi connectivity index (χ2n) is 3.66. The second-order valence-corrected chi connectivity index (χ2v) is 4.07. The molecule has 0 saturated heterocycles. The lowest BCUT2D eigenvalue weighted by Crippen LogP contribution is -2.14. The van der Waals surface area contributed by atoms with Crippen molar-refractivity contribution in [3.63, 3.8) is 0 Å². The number of aromatic nitrogens is 3. The van der Waals surface area contributed by atoms with Crippen LogP contribution in [0.25, 0.3) is 0 Å². The van der Waals surface area contributed by atoms with Crippen molar-refractivity contribution >= 4 is 23.5 Å². The zero-order chi connectivity index (χ0) is 13.8. The molecule has 2 rings (SSSR count). The molecule has 19 heavy (non-hydrogen) atoms. The Hall–Kier alpha value is -2.15. The lowest BCUT2D eigenvalue weighted by molar-refractivity contribution is -0.145. The van der Waals surface area contributed by atoms with E-state index >= 15 is 0 Å². The number of nitrogens with two attached hydrogens (primary N) is 1. The van der Waals surface area contributed by atoms with E-state index < -0.39 is 11.8 Å². The van der Waals surface area contributed by atoms with Gasteiger partial charge >= 0.3 is 5.97 Å². The summed E-state index contributed by atoms with van der Waals surface area (Å²) in [5.74, 6) is -1.06. The van der Waals surface area contributed by atoms with Gasteiger partial charge in [0.25, 0.3) is 0 Å². The molecule has 2 N–H and O–H groups in total. The van der Waals surface area contributed by atoms with Gasteiger partial charge in [-0.25, -0.2) is 14.1 Å². The molecule has 0 radical (unpaired) electrons. The number of hydrogen-bond donors (Lipinski definition) is 1. The third-order valence-electron chi connectivity index (χ3n) is 2.28. The van der Waals surface area contributed by atoms with Gasteiger partial charge < -0.3 is 10.5 Å². The highest BCUT2D eigenvalue weighted by atomic mass is 35.5. The van der Waals surface area contributed by atoms with Gasteiger partial charge in [-0.15, -0.1) is 5.10 Å². The van der Waals surface area contributed by atoms with Crippen LogP contribution in [0.4, 0.5) is 10.3 Å². The molecule has 0 atom stereocenters. The van der Waals surface area contributed by atoms with E-state index in [-0.39, 0.29) is 29.7 Å². The number of ether oxygens (including phenoxy) is 1. The van der Waals surface area contributed by atoms with Gasteiger partial charge in [-0.05, 0) is 12.1 Å². The van der Waals surface area contributed by atoms with Crippen molar-refractivity contribution in [2.45, 2.75) is 13.2 Å². The normalized spacial score (nSPS) is 10.4. The Labute approximate surface area is 112 Å². The Balaban J connectivity index is 1.93. The third-order valence-corrected chi connectivity index (χ3v) is 2.64. The van der Waals surface area contributed by atoms with E-state index in [0.717, 1.165) is 0 Å². The van der Waals surface area contributed by atoms with Crippen LogP contribution < -0.4 is 5.73 Å². The van der Waals surface area contributed by atoms with E-state index in [1.54, 1.807) is 0 Å². The first-order valence-electron chi connectivity index (χ1n) is 5.29. The molecule has 0 aliphatic rings. The van der Waals surface area contributed by atoms with E-state index in [4.69, 9.17) is 22.1 Å². The lowest BCUT2D eigenvalue weighted by Gasteiger charge is -2.07. The summed E-state index contributed by atoms with van der Waals surface area (Å²) < 4.78 is 19.5. The number of esters is 1. The molecule has 1 heterocycles. The summed E-state index contributed by atoms with van der Waals surface area (Å²) in [6, 6.07) is 4.24. The molecule has 1 aromatic carbocycles. The largest absolute Gasteiger partial charge is 0.459 e. The Bertz CT molecular complexity index is 582. The molecule has 0 aliphatic carbocycles. The predicted molar refractivity (Wildman–Crippen MR) is 65.6 cm³/mol. The van der Waals surface area contributed by atoms with Crippen molar-refractivity contribution in [1.82, 2.24) is 14.8 Å². The summed E-state index contributed by atoms with van der Waals surface area (Å²) in [6.45, 7) is -0.398. The fourth-order valence-corrected chi connectivity index (χ4v) is 1.60. The average Bonchev–Trinajstić information content (AvgIpc) is 2.74. The highest BCUT2D eigenvalue weighted by Crippen LogP contribution is 2.19. The number of carbonyl (C=O) groups excluding carboxylic acids is 1. The molecule has 0 saturated carbocycles. The predicted octanol–water partition coefficient (Wildman–Crippen LogP) is 1.40. The highest BCUT2D eigenvalue weighted by Gasteiger charge is 2.11. The quantitative estimate of drug-likeness (QED) is 0.858. The van der Waals surface area contributed by atoms with E-state index in [2.05, 4.69) is 10.1 Å². The molecule has 6 nitrogen and oxygen atoms in total. The average molecular weight is 285 g/mol. The van der Waals surface area contributed by atoms with Crippen LogP contribution >= 0.6 is 11.6 Å². The molecule has 0 spiro atoms. The van der Waals surface area contributed by atoms with Crippen molar-refractivity contribution in [3.8, 4) is 0 Å². The van der Waals surface area contributed by atoms with Crippen LogP contribution in [0.3, 0.4) is 0 Å². The molecule has 0 unspecified atom stereocenters. The van der Waals surface area contributed by atoms with E-state index in [9.17, 15) is 9.18 Å². The van der Waals surface area contributed by atoms with E-state index in [0.29, 0.717) is 0 Å². The molecular formula is C11H10ClFN4O2. The Kier molecular flexibility index (Phi) is 3.96. The van der Waals surface area contributed by atoms with Gasteiger partial charge in [0.15, 0.2) is 0 Å². The standard InChI is InChI=1S/C11H10ClFN4O2/c12-8-2-1-3-9(13)7(8)5-19-10(18)4-17-6-15-11(14)16-17/h1-3,6H,4-5H2,(H2,14,16). The summed E-state index contributed by atoms with van der Waals surface area (Å²) in [6.07, 6.45) is 1.30. The molecule has 8 heteroatoms. The zero-order valence-electron chi connectivity index (χ0n) is 9.72. The van der Waals surface area contributed by atoms with Crippen molar-refractivity contribution in [3.05, 3.63) is 40.9 Å². The highest BCUT2D eigenvalue weighted by molar-refractivity contribution is 6.31. The van der Waals surface area contributed by atoms with Crippen LogP contribution in [0.15, 0.2) is 24.5 Å². The summed E-state index contributed by atoms with van der Waals surface area (Å²) >= 11 is 5.80. The summed E-state index contributed by atoms with van der Waals surface area (Å²) in [7, 11) is 0. The molecule has 1 aromatic heterocycles. The first-order chi connectivity index (χ1) is 9.06. The minimum atomic E-state index is -0.593. The molecule has 2 aromatic rings. The number of anilines is 1. The fraction of sp³-hybridized carbons (Fsp3) is 0.182. The van der Waals surface area contributed by atoms with Crippen LogP contribution in [0, 0.1) is 5.82 Å². The summed E-state index contributed by atoms with van der Waals surface area (Å²) in [5.41, 5.74) is 5.43. The van der Waals surface area contributed by atoms with Crippen molar-refractivity contribution in [1.29, 1.82) is 0 Å². The van der Waals surface area contributed by atoms with E-state index in [1.807, 2.05) is 0 Å². The number of nitrogens with zero attached hydrogens (tertiary/aromatic N) is 3. The maximum atomic E-state index is 13.4. The summed E-state index contributed by atoms with van der Waals surface area (Å²) in [5, 5.41) is 3.93. The minimum absolute atomic E-state index is 0.0601. The number of carbonyl (C=O) groups is 1. The Morgan fingerprint density at radius 1 is 1.53 bits per heavy atom. The molecule has 0 amide bonds. The third kappa shape index (κ3) is 3.41. The lowest BCUT2D eigenvalue weighted by atomic mass is 10.2. The van der Waals surface area contributed by atoms with E-state index in [1.165, 1.54) is 29.2 Å². The number of halogens is 2. The summed E-state index contributed by atoms with van der Waals surface area (Å²) in [4.78, 5) is 15.2. The Morgan fingerprint density at radius 3 is 2.95 bits per heavy atom. The first-order valence-corrected chi connectivity index (χ1v) is 5.67. The van der Waals surface area contributed by atoms with Crippen LogP contribution in [0.1, 0.15) is 5.56 Å². The van der Waals surface area contributed by atoms with Gasteiger partial charge in [-0.1, -0.05) is 17.7 Å². The van der Waals surface area contributed by atoms with Crippen LogP contribution in [0.2, 0.25) is 5.02 Å². The molecule has 0 fully saturated rings. The number of benzene rings is 1. The molecule has 0 bridgehead atoms. The van der Waals surface area contributed by atoms with Crippen LogP contribution in [-0.4, -0.2) is 20.7 Å². The maximum absolute atomic E-state index is 13.4. The van der Waals surface area contributed by atoms with Crippen LogP contribution in [0.5, 0.6) is 0 Å². The number of nitrogen functional groups attached to an aromatic ring is 1. The van der Waals surface area contributed by atoms with Gasteiger partial charge in [0.2, 0.25) is 5.95 Å². The van der Waals surface area contributed by atoms with Crippen molar-refractivity contribution in [2.24, 2.45) is 0 Å².